The van der Waals surface area contributed by atoms with E-state index in [2.05, 4.69) is 15.3 Å². The number of nitrogens with one attached hydrogen (secondary N) is 1. The number of rotatable bonds is 3. The van der Waals surface area contributed by atoms with Crippen LogP contribution in [0.4, 0.5) is 5.95 Å². The fourth-order valence-electron chi connectivity index (χ4n) is 3.58. The van der Waals surface area contributed by atoms with Gasteiger partial charge in [-0.25, -0.2) is 9.97 Å². The van der Waals surface area contributed by atoms with Gasteiger partial charge < -0.3 is 19.4 Å². The number of amides is 1. The third-order valence-electron chi connectivity index (χ3n) is 4.76. The summed E-state index contributed by atoms with van der Waals surface area (Å²) in [5, 5.41) is 3.38. The molecule has 0 aromatic carbocycles. The highest BCUT2D eigenvalue weighted by molar-refractivity contribution is 5.94. The lowest BCUT2D eigenvalue weighted by Crippen LogP contribution is -2.47. The highest BCUT2D eigenvalue weighted by atomic mass is 16.5. The minimum absolute atomic E-state index is 0.00528. The summed E-state index contributed by atoms with van der Waals surface area (Å²) in [7, 11) is 0. The van der Waals surface area contributed by atoms with Gasteiger partial charge in [-0.2, -0.15) is 0 Å². The number of ether oxygens (including phenoxy) is 1. The van der Waals surface area contributed by atoms with E-state index in [0.717, 1.165) is 19.3 Å². The molecule has 1 amide bonds. The second-order valence-electron chi connectivity index (χ2n) is 6.43. The quantitative estimate of drug-likeness (QED) is 0.927. The number of hydrogen-bond donors (Lipinski definition) is 1. The zero-order valence-corrected chi connectivity index (χ0v) is 13.4. The first-order valence-electron chi connectivity index (χ1n) is 8.23. The fraction of sp³-hybridized carbons (Fsp3) is 0.471. The van der Waals surface area contributed by atoms with E-state index >= 15 is 0 Å². The molecule has 2 aliphatic heterocycles. The van der Waals surface area contributed by atoms with Crippen LogP contribution in [0.3, 0.4) is 0 Å². The van der Waals surface area contributed by atoms with Gasteiger partial charge in [-0.05, 0) is 31.4 Å². The molecule has 0 bridgehead atoms. The molecule has 0 radical (unpaired) electrons. The molecule has 0 unspecified atom stereocenters. The molecule has 7 nitrogen and oxygen atoms in total. The second-order valence-corrected chi connectivity index (χ2v) is 6.43. The molecule has 4 rings (SSSR count). The van der Waals surface area contributed by atoms with Gasteiger partial charge in [-0.3, -0.25) is 4.79 Å². The number of carbonyl (C=O) groups excluding carboxylic acids is 1. The first kappa shape index (κ1) is 15.1. The average Bonchev–Trinajstić information content (AvgIpc) is 3.26. The van der Waals surface area contributed by atoms with Crippen molar-refractivity contribution in [3.63, 3.8) is 0 Å². The van der Waals surface area contributed by atoms with Crippen molar-refractivity contribution in [1.82, 2.24) is 14.9 Å². The van der Waals surface area contributed by atoms with E-state index in [9.17, 15) is 4.79 Å². The predicted octanol–water partition coefficient (Wildman–Crippen LogP) is 1.95. The number of hydrogen-bond acceptors (Lipinski definition) is 6. The Balaban J connectivity index is 1.41. The lowest BCUT2D eigenvalue weighted by Gasteiger charge is -2.38. The predicted molar refractivity (Wildman–Crippen MR) is 86.6 cm³/mol. The van der Waals surface area contributed by atoms with Crippen LogP contribution in [0, 0.1) is 0 Å². The lowest BCUT2D eigenvalue weighted by molar-refractivity contribution is -0.0721. The van der Waals surface area contributed by atoms with Gasteiger partial charge in [0.25, 0.3) is 5.91 Å². The Kier molecular flexibility index (Phi) is 3.93. The van der Waals surface area contributed by atoms with E-state index in [-0.39, 0.29) is 17.6 Å². The van der Waals surface area contributed by atoms with Crippen molar-refractivity contribution >= 4 is 11.9 Å². The molecular weight excluding hydrogens is 308 g/mol. The first-order valence-corrected chi connectivity index (χ1v) is 8.23. The third-order valence-corrected chi connectivity index (χ3v) is 4.76. The molecule has 0 aliphatic carbocycles. The summed E-state index contributed by atoms with van der Waals surface area (Å²) < 4.78 is 11.1. The molecule has 2 fully saturated rings. The first-order chi connectivity index (χ1) is 11.7. The van der Waals surface area contributed by atoms with E-state index in [4.69, 9.17) is 9.15 Å². The number of anilines is 1. The number of likely N-dealkylation sites (tertiary alicyclic amines) is 1. The van der Waals surface area contributed by atoms with Crippen molar-refractivity contribution in [2.24, 2.45) is 0 Å². The van der Waals surface area contributed by atoms with Crippen molar-refractivity contribution in [3.05, 3.63) is 42.6 Å². The van der Waals surface area contributed by atoms with Crippen molar-refractivity contribution in [1.29, 1.82) is 0 Å². The van der Waals surface area contributed by atoms with Crippen LogP contribution in [-0.4, -0.2) is 52.1 Å². The second kappa shape index (κ2) is 6.24. The smallest absolute Gasteiger partial charge is 0.257 e. The SMILES string of the molecule is O=C(c1ccoc1)N1CC[C@]2(C[C@@H](Nc3ncccn3)CCO2)C1. The molecule has 1 N–H and O–H groups in total. The fourth-order valence-corrected chi connectivity index (χ4v) is 3.58. The Morgan fingerprint density at radius 2 is 2.25 bits per heavy atom. The molecule has 2 aliphatic rings. The van der Waals surface area contributed by atoms with Crippen molar-refractivity contribution in [2.45, 2.75) is 30.9 Å². The van der Waals surface area contributed by atoms with Gasteiger partial charge in [0.05, 0.1) is 24.0 Å². The van der Waals surface area contributed by atoms with Crippen LogP contribution >= 0.6 is 0 Å². The Labute approximate surface area is 140 Å². The highest BCUT2D eigenvalue weighted by Gasteiger charge is 2.45. The van der Waals surface area contributed by atoms with Crippen LogP contribution in [-0.2, 0) is 4.74 Å². The normalized spacial score (nSPS) is 26.7. The minimum atomic E-state index is -0.274. The Hall–Kier alpha value is -2.41. The summed E-state index contributed by atoms with van der Waals surface area (Å²) in [5.74, 6) is 0.648. The Morgan fingerprint density at radius 3 is 3.04 bits per heavy atom. The monoisotopic (exact) mass is 328 g/mol. The largest absolute Gasteiger partial charge is 0.472 e. The molecule has 2 saturated heterocycles. The summed E-state index contributed by atoms with van der Waals surface area (Å²) in [6.45, 7) is 2.00. The van der Waals surface area contributed by atoms with Crippen molar-refractivity contribution in [2.75, 3.05) is 25.0 Å². The van der Waals surface area contributed by atoms with E-state index < -0.39 is 0 Å². The molecule has 2 aromatic heterocycles. The summed E-state index contributed by atoms with van der Waals surface area (Å²) in [5.41, 5.74) is 0.319. The van der Waals surface area contributed by atoms with Gasteiger partial charge in [-0.15, -0.1) is 0 Å². The summed E-state index contributed by atoms with van der Waals surface area (Å²) in [6.07, 6.45) is 9.08. The molecule has 126 valence electrons. The molecular formula is C17H20N4O3. The van der Waals surface area contributed by atoms with Crippen LogP contribution in [0.1, 0.15) is 29.6 Å². The van der Waals surface area contributed by atoms with Gasteiger partial charge in [-0.1, -0.05) is 0 Å². The Bertz CT molecular complexity index is 691. The zero-order valence-electron chi connectivity index (χ0n) is 13.4. The van der Waals surface area contributed by atoms with E-state index in [1.54, 1.807) is 24.5 Å². The van der Waals surface area contributed by atoms with Gasteiger partial charge in [0, 0.05) is 31.6 Å². The third kappa shape index (κ3) is 2.99. The maximum atomic E-state index is 12.5. The van der Waals surface area contributed by atoms with Crippen molar-refractivity contribution in [3.8, 4) is 0 Å². The molecule has 24 heavy (non-hydrogen) atoms. The summed E-state index contributed by atoms with van der Waals surface area (Å²) in [4.78, 5) is 22.8. The Morgan fingerprint density at radius 1 is 1.38 bits per heavy atom. The topological polar surface area (TPSA) is 80.5 Å². The van der Waals surface area contributed by atoms with Gasteiger partial charge in [0.2, 0.25) is 5.95 Å². The van der Waals surface area contributed by atoms with Crippen LogP contribution in [0.25, 0.3) is 0 Å². The van der Waals surface area contributed by atoms with Crippen molar-refractivity contribution < 1.29 is 13.9 Å². The number of nitrogens with zero attached hydrogens (tertiary/aromatic N) is 3. The lowest BCUT2D eigenvalue weighted by atomic mass is 9.89. The average molecular weight is 328 g/mol. The van der Waals surface area contributed by atoms with Crippen LogP contribution in [0.15, 0.2) is 41.5 Å². The van der Waals surface area contributed by atoms with E-state index in [0.29, 0.717) is 31.2 Å². The standard InChI is InChI=1S/C17H20N4O3/c22-15(13-2-8-23-11-13)21-7-4-17(12-21)10-14(3-9-24-17)20-16-18-5-1-6-19-16/h1-2,5-6,8,11,14H,3-4,7,9-10,12H2,(H,18,19,20)/t14-,17-/m0/s1. The molecule has 2 atom stereocenters. The zero-order chi connectivity index (χ0) is 16.4. The molecule has 2 aromatic rings. The maximum Gasteiger partial charge on any atom is 0.257 e. The minimum Gasteiger partial charge on any atom is -0.472 e. The molecule has 1 spiro atoms. The number of aromatic nitrogens is 2. The number of furan rings is 1. The summed E-state index contributed by atoms with van der Waals surface area (Å²) in [6, 6.07) is 3.75. The van der Waals surface area contributed by atoms with Crippen LogP contribution in [0.2, 0.25) is 0 Å². The molecule has 4 heterocycles. The van der Waals surface area contributed by atoms with E-state index in [1.165, 1.54) is 12.5 Å². The summed E-state index contributed by atoms with van der Waals surface area (Å²) >= 11 is 0. The number of carbonyl (C=O) groups is 1. The highest BCUT2D eigenvalue weighted by Crippen LogP contribution is 2.35. The van der Waals surface area contributed by atoms with Crippen LogP contribution < -0.4 is 5.32 Å². The van der Waals surface area contributed by atoms with Gasteiger partial charge >= 0.3 is 0 Å². The maximum absolute atomic E-state index is 12.5. The van der Waals surface area contributed by atoms with E-state index in [1.807, 2.05) is 4.90 Å². The van der Waals surface area contributed by atoms with Gasteiger partial charge in [0.1, 0.15) is 6.26 Å². The molecule has 7 heteroatoms. The molecule has 0 saturated carbocycles. The van der Waals surface area contributed by atoms with Gasteiger partial charge in [0.15, 0.2) is 0 Å². The van der Waals surface area contributed by atoms with Crippen LogP contribution in [0.5, 0.6) is 0 Å².